The molecule has 41 heavy (non-hydrogen) atoms. The van der Waals surface area contributed by atoms with Crippen molar-refractivity contribution in [2.75, 3.05) is 70.7 Å². The first-order valence-corrected chi connectivity index (χ1v) is 14.8. The third kappa shape index (κ3) is 5.99. The van der Waals surface area contributed by atoms with Crippen LogP contribution in [0.5, 0.6) is 0 Å². The van der Waals surface area contributed by atoms with E-state index < -0.39 is 0 Å². The first-order chi connectivity index (χ1) is 19.8. The molecule has 3 aliphatic heterocycles. The van der Waals surface area contributed by atoms with Crippen molar-refractivity contribution in [3.8, 4) is 0 Å². The molecule has 1 saturated carbocycles. The van der Waals surface area contributed by atoms with Crippen LogP contribution in [0.25, 0.3) is 5.65 Å². The number of rotatable bonds is 9. The fourth-order valence-electron chi connectivity index (χ4n) is 6.05. The Labute approximate surface area is 241 Å². The molecule has 0 bridgehead atoms. The van der Waals surface area contributed by atoms with Crippen LogP contribution in [-0.4, -0.2) is 120 Å². The molecule has 4 aliphatic rings. The van der Waals surface area contributed by atoms with Gasteiger partial charge in [0.15, 0.2) is 5.65 Å². The molecule has 0 radical (unpaired) electrons. The van der Waals surface area contributed by atoms with E-state index in [-0.39, 0.29) is 24.1 Å². The number of hydrogen-bond donors (Lipinski definition) is 2. The van der Waals surface area contributed by atoms with Crippen LogP contribution >= 0.6 is 0 Å². The first-order valence-electron chi connectivity index (χ1n) is 14.8. The number of amides is 2. The predicted octanol–water partition coefficient (Wildman–Crippen LogP) is 2.25. The summed E-state index contributed by atoms with van der Waals surface area (Å²) in [6, 6.07) is 2.68. The van der Waals surface area contributed by atoms with Crippen molar-refractivity contribution in [1.29, 1.82) is 0 Å². The third-order valence-electron chi connectivity index (χ3n) is 8.62. The topological polar surface area (TPSA) is 117 Å². The summed E-state index contributed by atoms with van der Waals surface area (Å²) in [6.07, 6.45) is 6.77. The maximum absolute atomic E-state index is 12.8. The number of anilines is 2. The van der Waals surface area contributed by atoms with Gasteiger partial charge in [-0.3, -0.25) is 4.79 Å². The van der Waals surface area contributed by atoms with Crippen molar-refractivity contribution in [2.24, 2.45) is 11.8 Å². The van der Waals surface area contributed by atoms with Crippen molar-refractivity contribution >= 4 is 29.3 Å². The summed E-state index contributed by atoms with van der Waals surface area (Å²) in [5, 5.41) is 12.0. The van der Waals surface area contributed by atoms with E-state index in [2.05, 4.69) is 35.6 Å². The molecule has 222 valence electrons. The van der Waals surface area contributed by atoms with E-state index in [1.165, 1.54) is 0 Å². The number of nitrogens with one attached hydrogen (secondary N) is 2. The highest BCUT2D eigenvalue weighted by molar-refractivity contribution is 5.88. The number of nitrogens with zero attached hydrogens (tertiary/aromatic N) is 6. The molecule has 2 unspecified atom stereocenters. The molecule has 2 amide bonds. The number of aromatic nitrogens is 3. The largest absolute Gasteiger partial charge is 0.442 e. The van der Waals surface area contributed by atoms with Gasteiger partial charge in [-0.25, -0.2) is 9.78 Å². The second-order valence-electron chi connectivity index (χ2n) is 12.4. The Morgan fingerprint density at radius 3 is 2.54 bits per heavy atom. The summed E-state index contributed by atoms with van der Waals surface area (Å²) in [7, 11) is 3.91. The number of hydrogen-bond acceptors (Lipinski definition) is 9. The lowest BCUT2D eigenvalue weighted by molar-refractivity contribution is -0.136. The van der Waals surface area contributed by atoms with Gasteiger partial charge in [0.25, 0.3) is 0 Å². The van der Waals surface area contributed by atoms with Gasteiger partial charge in [0, 0.05) is 74.5 Å². The molecule has 0 spiro atoms. The highest BCUT2D eigenvalue weighted by Crippen LogP contribution is 2.47. The lowest BCUT2D eigenvalue weighted by atomic mass is 10.1. The van der Waals surface area contributed by atoms with Gasteiger partial charge in [0.1, 0.15) is 17.7 Å². The summed E-state index contributed by atoms with van der Waals surface area (Å²) in [4.78, 5) is 35.4. The normalized spacial score (nSPS) is 24.8. The van der Waals surface area contributed by atoms with Gasteiger partial charge in [-0.05, 0) is 32.9 Å². The fraction of sp³-hybridized carbons (Fsp3) is 0.655. The molecule has 0 aromatic carbocycles. The Morgan fingerprint density at radius 2 is 1.85 bits per heavy atom. The monoisotopic (exact) mass is 566 g/mol. The summed E-state index contributed by atoms with van der Waals surface area (Å²) < 4.78 is 13.1. The number of likely N-dealkylation sites (N-methyl/N-ethyl adjacent to an activating group) is 1. The summed E-state index contributed by atoms with van der Waals surface area (Å²) in [5.74, 6) is 2.80. The van der Waals surface area contributed by atoms with Crippen LogP contribution in [0.4, 0.5) is 16.4 Å². The van der Waals surface area contributed by atoms with Crippen LogP contribution in [0.2, 0.25) is 0 Å². The molecule has 5 heterocycles. The zero-order chi connectivity index (χ0) is 28.7. The average Bonchev–Trinajstić information content (AvgIpc) is 3.24. The van der Waals surface area contributed by atoms with E-state index in [0.29, 0.717) is 56.5 Å². The smallest absolute Gasteiger partial charge is 0.410 e. The highest BCUT2D eigenvalue weighted by atomic mass is 16.6. The van der Waals surface area contributed by atoms with Crippen molar-refractivity contribution in [1.82, 2.24) is 29.3 Å². The first kappa shape index (κ1) is 27.8. The standard InChI is InChI=1S/C29H42N8O4/c1-18(2)21-13-30-37-25(12-24(32-28(21)37)31-19-7-10-40-11-8-19)33-27-22-16-36(17-23(22)27)29(39)41-20-14-35(15-20)26(38)6-5-9-34(3)4/h5-6,12-13,18-20,22-23,27,33H,7-11,14-17H2,1-4H3,(H,31,32)/b6-5+. The summed E-state index contributed by atoms with van der Waals surface area (Å²) >= 11 is 0. The minimum atomic E-state index is -0.279. The van der Waals surface area contributed by atoms with E-state index in [4.69, 9.17) is 14.5 Å². The van der Waals surface area contributed by atoms with Gasteiger partial charge in [0.05, 0.1) is 19.3 Å². The zero-order valence-corrected chi connectivity index (χ0v) is 24.5. The number of fused-ring (bicyclic) bond motifs is 2. The Bertz CT molecular complexity index is 1290. The lowest BCUT2D eigenvalue weighted by Crippen LogP contribution is -2.56. The minimum absolute atomic E-state index is 0.0375. The molecule has 2 aromatic rings. The number of ether oxygens (including phenoxy) is 2. The Morgan fingerprint density at radius 1 is 1.12 bits per heavy atom. The van der Waals surface area contributed by atoms with E-state index in [0.717, 1.165) is 48.9 Å². The van der Waals surface area contributed by atoms with Crippen molar-refractivity contribution in [3.63, 3.8) is 0 Å². The molecule has 3 saturated heterocycles. The zero-order valence-electron chi connectivity index (χ0n) is 24.5. The van der Waals surface area contributed by atoms with Gasteiger partial charge in [-0.15, -0.1) is 0 Å². The second kappa shape index (κ2) is 11.5. The minimum Gasteiger partial charge on any atom is -0.442 e. The van der Waals surface area contributed by atoms with E-state index in [9.17, 15) is 9.59 Å². The van der Waals surface area contributed by atoms with Crippen molar-refractivity contribution in [2.45, 2.75) is 50.8 Å². The van der Waals surface area contributed by atoms with Crippen LogP contribution in [0, 0.1) is 11.8 Å². The van der Waals surface area contributed by atoms with Gasteiger partial charge < -0.3 is 34.8 Å². The fourth-order valence-corrected chi connectivity index (χ4v) is 6.05. The number of likely N-dealkylation sites (tertiary alicyclic amines) is 2. The van der Waals surface area contributed by atoms with Gasteiger partial charge in [0.2, 0.25) is 5.91 Å². The van der Waals surface area contributed by atoms with Crippen LogP contribution in [0.1, 0.15) is 38.2 Å². The Kier molecular flexibility index (Phi) is 7.78. The van der Waals surface area contributed by atoms with Crippen LogP contribution in [0.15, 0.2) is 24.4 Å². The van der Waals surface area contributed by atoms with E-state index in [1.54, 1.807) is 15.9 Å². The summed E-state index contributed by atoms with van der Waals surface area (Å²) in [6.45, 7) is 8.81. The van der Waals surface area contributed by atoms with Crippen LogP contribution < -0.4 is 10.6 Å². The highest BCUT2D eigenvalue weighted by Gasteiger charge is 2.57. The van der Waals surface area contributed by atoms with Crippen LogP contribution in [-0.2, 0) is 14.3 Å². The Hall–Kier alpha value is -3.38. The molecule has 2 N–H and O–H groups in total. The molecule has 1 aliphatic carbocycles. The Balaban J connectivity index is 1.02. The molecule has 6 rings (SSSR count). The molecular weight excluding hydrogens is 524 g/mol. The summed E-state index contributed by atoms with van der Waals surface area (Å²) in [5.41, 5.74) is 1.99. The van der Waals surface area contributed by atoms with Crippen LogP contribution in [0.3, 0.4) is 0 Å². The maximum atomic E-state index is 12.8. The molecule has 4 fully saturated rings. The lowest BCUT2D eigenvalue weighted by Gasteiger charge is -2.38. The molecular formula is C29H42N8O4. The molecule has 12 nitrogen and oxygen atoms in total. The van der Waals surface area contributed by atoms with E-state index in [1.807, 2.05) is 35.8 Å². The quantitative estimate of drug-likeness (QED) is 0.441. The number of piperidine rings is 1. The maximum Gasteiger partial charge on any atom is 0.410 e. The second-order valence-corrected chi connectivity index (χ2v) is 12.4. The van der Waals surface area contributed by atoms with Crippen molar-refractivity contribution in [3.05, 3.63) is 30.0 Å². The predicted molar refractivity (Wildman–Crippen MR) is 155 cm³/mol. The molecule has 2 atom stereocenters. The van der Waals surface area contributed by atoms with Gasteiger partial charge >= 0.3 is 6.09 Å². The van der Waals surface area contributed by atoms with Gasteiger partial charge in [-0.2, -0.15) is 9.61 Å². The SMILES string of the molecule is CC(C)c1cnn2c(NC3C4CN(C(=O)OC5CN(C(=O)/C=C/CN(C)C)C5)CC43)cc(NC3CCOCC3)nc12. The third-order valence-corrected chi connectivity index (χ3v) is 8.62. The molecule has 2 aromatic heterocycles. The van der Waals surface area contributed by atoms with Gasteiger partial charge in [-0.1, -0.05) is 19.9 Å². The van der Waals surface area contributed by atoms with Crippen molar-refractivity contribution < 1.29 is 19.1 Å². The molecule has 12 heteroatoms. The average molecular weight is 567 g/mol. The number of carbonyl (C=O) groups is 2. The number of carbonyl (C=O) groups excluding carboxylic acids is 2. The van der Waals surface area contributed by atoms with E-state index >= 15 is 0 Å².